The number of carbonyl (C=O) groups is 2. The third-order valence-electron chi connectivity index (χ3n) is 6.02. The smallest absolute Gasteiger partial charge is 0.338 e. The number of ether oxygens (including phenoxy) is 1. The Balaban J connectivity index is 1.29. The largest absolute Gasteiger partial charge is 0.452 e. The van der Waals surface area contributed by atoms with Gasteiger partial charge in [0.25, 0.3) is 15.9 Å². The van der Waals surface area contributed by atoms with Crippen molar-refractivity contribution in [3.05, 3.63) is 89.5 Å². The van der Waals surface area contributed by atoms with Crippen molar-refractivity contribution in [1.82, 2.24) is 0 Å². The van der Waals surface area contributed by atoms with E-state index in [1.54, 1.807) is 17.0 Å². The summed E-state index contributed by atoms with van der Waals surface area (Å²) < 4.78 is 33.1. The Morgan fingerprint density at radius 3 is 2.27 bits per heavy atom. The maximum Gasteiger partial charge on any atom is 0.338 e. The summed E-state index contributed by atoms with van der Waals surface area (Å²) in [6.07, 6.45) is 1.40. The lowest BCUT2D eigenvalue weighted by atomic mass is 10.2. The standard InChI is InChI=1S/C25H22N2O5S/c28-24(26-14-12-18-6-1-3-10-22(18)26)17-32-25(29)20-8-5-9-21(16-20)33(30,31)27-15-13-19-7-2-4-11-23(19)27/h1-11,16H,12-15,17H2. The Bertz CT molecular complexity index is 1350. The molecule has 7 nitrogen and oxygen atoms in total. The molecule has 2 aliphatic rings. The van der Waals surface area contributed by atoms with E-state index in [1.165, 1.54) is 28.6 Å². The van der Waals surface area contributed by atoms with E-state index in [1.807, 2.05) is 36.4 Å². The van der Waals surface area contributed by atoms with E-state index in [4.69, 9.17) is 4.74 Å². The quantitative estimate of drug-likeness (QED) is 0.544. The van der Waals surface area contributed by atoms with Crippen molar-refractivity contribution < 1.29 is 22.7 Å². The number of benzene rings is 3. The zero-order valence-electron chi connectivity index (χ0n) is 17.8. The second-order valence-corrected chi connectivity index (χ2v) is 9.85. The molecule has 33 heavy (non-hydrogen) atoms. The number of para-hydroxylation sites is 2. The molecular weight excluding hydrogens is 440 g/mol. The molecule has 0 unspecified atom stereocenters. The number of rotatable bonds is 5. The van der Waals surface area contributed by atoms with E-state index in [9.17, 15) is 18.0 Å². The van der Waals surface area contributed by atoms with Crippen LogP contribution in [0.1, 0.15) is 21.5 Å². The highest BCUT2D eigenvalue weighted by Gasteiger charge is 2.31. The fraction of sp³-hybridized carbons (Fsp3) is 0.200. The van der Waals surface area contributed by atoms with Crippen LogP contribution >= 0.6 is 0 Å². The van der Waals surface area contributed by atoms with E-state index in [0.29, 0.717) is 25.2 Å². The van der Waals surface area contributed by atoms with E-state index in [-0.39, 0.29) is 16.4 Å². The molecule has 0 saturated carbocycles. The zero-order chi connectivity index (χ0) is 23.0. The van der Waals surface area contributed by atoms with Gasteiger partial charge in [-0.15, -0.1) is 0 Å². The Morgan fingerprint density at radius 1 is 0.818 bits per heavy atom. The van der Waals surface area contributed by atoms with Crippen LogP contribution in [0.2, 0.25) is 0 Å². The predicted molar refractivity (Wildman–Crippen MR) is 124 cm³/mol. The highest BCUT2D eigenvalue weighted by Crippen LogP contribution is 2.33. The van der Waals surface area contributed by atoms with Gasteiger partial charge in [0.1, 0.15) is 0 Å². The molecular formula is C25H22N2O5S. The molecule has 3 aromatic rings. The van der Waals surface area contributed by atoms with Gasteiger partial charge in [-0.2, -0.15) is 0 Å². The average molecular weight is 463 g/mol. The van der Waals surface area contributed by atoms with Gasteiger partial charge in [-0.25, -0.2) is 13.2 Å². The first-order chi connectivity index (χ1) is 15.9. The van der Waals surface area contributed by atoms with E-state index in [2.05, 4.69) is 0 Å². The predicted octanol–water partition coefficient (Wildman–Crippen LogP) is 3.18. The molecule has 0 atom stereocenters. The van der Waals surface area contributed by atoms with Gasteiger partial charge in [0.15, 0.2) is 6.61 Å². The summed E-state index contributed by atoms with van der Waals surface area (Å²) in [6, 6.07) is 20.7. The lowest BCUT2D eigenvalue weighted by Gasteiger charge is -2.20. The summed E-state index contributed by atoms with van der Waals surface area (Å²) >= 11 is 0. The summed E-state index contributed by atoms with van der Waals surface area (Å²) in [5, 5.41) is 0. The van der Waals surface area contributed by atoms with Crippen LogP contribution in [0.4, 0.5) is 11.4 Å². The minimum Gasteiger partial charge on any atom is -0.452 e. The monoisotopic (exact) mass is 462 g/mol. The van der Waals surface area contributed by atoms with Crippen LogP contribution in [0.5, 0.6) is 0 Å². The molecule has 168 valence electrons. The van der Waals surface area contributed by atoms with Crippen molar-refractivity contribution in [1.29, 1.82) is 0 Å². The fourth-order valence-corrected chi connectivity index (χ4v) is 5.90. The van der Waals surface area contributed by atoms with E-state index >= 15 is 0 Å². The first-order valence-electron chi connectivity index (χ1n) is 10.7. The van der Waals surface area contributed by atoms with E-state index in [0.717, 1.165) is 23.2 Å². The Labute approximate surface area is 192 Å². The molecule has 0 aliphatic carbocycles. The lowest BCUT2D eigenvalue weighted by Crippen LogP contribution is -2.33. The van der Waals surface area contributed by atoms with Crippen LogP contribution in [-0.4, -0.2) is 40.0 Å². The highest BCUT2D eigenvalue weighted by atomic mass is 32.2. The van der Waals surface area contributed by atoms with Crippen LogP contribution in [0.3, 0.4) is 0 Å². The van der Waals surface area contributed by atoms with Crippen molar-refractivity contribution >= 4 is 33.3 Å². The molecule has 0 fully saturated rings. The lowest BCUT2D eigenvalue weighted by molar-refractivity contribution is -0.121. The van der Waals surface area contributed by atoms with Crippen LogP contribution in [0.15, 0.2) is 77.7 Å². The van der Waals surface area contributed by atoms with Crippen molar-refractivity contribution in [3.63, 3.8) is 0 Å². The van der Waals surface area contributed by atoms with Crippen LogP contribution in [-0.2, 0) is 32.4 Å². The van der Waals surface area contributed by atoms with Crippen molar-refractivity contribution in [2.24, 2.45) is 0 Å². The minimum atomic E-state index is -3.84. The van der Waals surface area contributed by atoms with Crippen molar-refractivity contribution in [2.75, 3.05) is 28.9 Å². The molecule has 0 N–H and O–H groups in total. The van der Waals surface area contributed by atoms with Gasteiger partial charge in [-0.05, 0) is 54.3 Å². The van der Waals surface area contributed by atoms with Gasteiger partial charge < -0.3 is 9.64 Å². The number of amides is 1. The summed E-state index contributed by atoms with van der Waals surface area (Å²) in [7, 11) is -3.84. The number of carbonyl (C=O) groups excluding carboxylic acids is 2. The van der Waals surface area contributed by atoms with Crippen molar-refractivity contribution in [3.8, 4) is 0 Å². The van der Waals surface area contributed by atoms with Gasteiger partial charge in [-0.3, -0.25) is 9.10 Å². The molecule has 5 rings (SSSR count). The molecule has 0 radical (unpaired) electrons. The first-order valence-corrected chi connectivity index (χ1v) is 12.2. The third kappa shape index (κ3) is 3.87. The van der Waals surface area contributed by atoms with Crippen LogP contribution < -0.4 is 9.21 Å². The average Bonchev–Trinajstić information content (AvgIpc) is 3.47. The number of nitrogens with zero attached hydrogens (tertiary/aromatic N) is 2. The van der Waals surface area contributed by atoms with Gasteiger partial charge in [0.2, 0.25) is 0 Å². The topological polar surface area (TPSA) is 84.0 Å². The maximum atomic E-state index is 13.2. The fourth-order valence-electron chi connectivity index (χ4n) is 4.35. The third-order valence-corrected chi connectivity index (χ3v) is 7.83. The van der Waals surface area contributed by atoms with E-state index < -0.39 is 22.6 Å². The Morgan fingerprint density at radius 2 is 1.48 bits per heavy atom. The van der Waals surface area contributed by atoms with Gasteiger partial charge >= 0.3 is 5.97 Å². The molecule has 0 bridgehead atoms. The van der Waals surface area contributed by atoms with Gasteiger partial charge in [0, 0.05) is 18.8 Å². The molecule has 0 saturated heterocycles. The first kappa shape index (κ1) is 21.2. The summed E-state index contributed by atoms with van der Waals surface area (Å²) in [5.41, 5.74) is 3.62. The number of sulfonamides is 1. The second kappa shape index (κ2) is 8.37. The molecule has 2 heterocycles. The SMILES string of the molecule is O=C(OCC(=O)N1CCc2ccccc21)c1cccc(S(=O)(=O)N2CCc3ccccc32)c1. The van der Waals surface area contributed by atoms with Crippen LogP contribution in [0, 0.1) is 0 Å². The Kier molecular flexibility index (Phi) is 5.38. The van der Waals surface area contributed by atoms with Gasteiger partial charge in [-0.1, -0.05) is 42.5 Å². The van der Waals surface area contributed by atoms with Crippen molar-refractivity contribution in [2.45, 2.75) is 17.7 Å². The molecule has 1 amide bonds. The summed E-state index contributed by atoms with van der Waals surface area (Å²) in [5.74, 6) is -1.06. The summed E-state index contributed by atoms with van der Waals surface area (Å²) in [6.45, 7) is 0.479. The minimum absolute atomic E-state index is 0.00782. The summed E-state index contributed by atoms with van der Waals surface area (Å²) in [4.78, 5) is 26.8. The van der Waals surface area contributed by atoms with Gasteiger partial charge in [0.05, 0.1) is 16.1 Å². The Hall–Kier alpha value is -3.65. The molecule has 8 heteroatoms. The number of esters is 1. The number of fused-ring (bicyclic) bond motifs is 2. The second-order valence-electron chi connectivity index (χ2n) is 7.98. The zero-order valence-corrected chi connectivity index (χ0v) is 18.6. The highest BCUT2D eigenvalue weighted by molar-refractivity contribution is 7.92. The maximum absolute atomic E-state index is 13.2. The molecule has 0 aromatic heterocycles. The number of anilines is 2. The molecule has 3 aromatic carbocycles. The normalized spacial score (nSPS) is 14.7. The number of hydrogen-bond acceptors (Lipinski definition) is 5. The molecule has 2 aliphatic heterocycles. The molecule has 0 spiro atoms. The number of hydrogen-bond donors (Lipinski definition) is 0. The van der Waals surface area contributed by atoms with Crippen LogP contribution in [0.25, 0.3) is 0 Å².